The van der Waals surface area contributed by atoms with Gasteiger partial charge in [0.1, 0.15) is 5.82 Å². The van der Waals surface area contributed by atoms with E-state index in [0.717, 1.165) is 18.7 Å². The van der Waals surface area contributed by atoms with Crippen molar-refractivity contribution in [1.29, 1.82) is 0 Å². The van der Waals surface area contributed by atoms with Crippen LogP contribution in [0.2, 0.25) is 0 Å². The molecule has 0 spiro atoms. The first kappa shape index (κ1) is 19.0. The standard InChI is InChI=1S/C13H16FNO2.C4H4O4/c1-2-15-7-12-8-16-13(9-15,17-12)10-3-5-11(14)6-4-10;5-3(6)1-2-4(7)8/h3-6,12H,2,7-9H2,1H3;1-2H,(H,5,6)(H,7,8)/p-2/b;2-1-. The number of aliphatic carboxylic acids is 2. The molecule has 2 atom stereocenters. The molecule has 0 radical (unpaired) electrons. The third kappa shape index (κ3) is 5.09. The van der Waals surface area contributed by atoms with Crippen molar-refractivity contribution in [2.24, 2.45) is 0 Å². The maximum Gasteiger partial charge on any atom is 0.208 e. The first-order chi connectivity index (χ1) is 11.8. The second kappa shape index (κ2) is 8.19. The summed E-state index contributed by atoms with van der Waals surface area (Å²) in [4.78, 5) is 21.1. The highest BCUT2D eigenvalue weighted by Crippen LogP contribution is 2.38. The molecular weight excluding hydrogens is 333 g/mol. The zero-order valence-corrected chi connectivity index (χ0v) is 13.6. The van der Waals surface area contributed by atoms with Gasteiger partial charge >= 0.3 is 0 Å². The highest BCUT2D eigenvalue weighted by atomic mass is 19.1. The molecule has 0 N–H and O–H groups in total. The van der Waals surface area contributed by atoms with Crippen molar-refractivity contribution in [1.82, 2.24) is 4.90 Å². The molecule has 136 valence electrons. The number of ether oxygens (including phenoxy) is 2. The van der Waals surface area contributed by atoms with Gasteiger partial charge in [-0.25, -0.2) is 4.39 Å². The second-order valence-electron chi connectivity index (χ2n) is 5.61. The molecule has 0 aromatic heterocycles. The maximum atomic E-state index is 12.9. The smallest absolute Gasteiger partial charge is 0.208 e. The summed E-state index contributed by atoms with van der Waals surface area (Å²) >= 11 is 0. The Labute approximate surface area is 144 Å². The summed E-state index contributed by atoms with van der Waals surface area (Å²) in [6.45, 7) is 5.36. The quantitative estimate of drug-likeness (QED) is 0.626. The SMILES string of the molecule is CCN1CC2COC(c3ccc(F)cc3)(C1)O2.O=C([O-])/C=C\C(=O)[O-]. The average Bonchev–Trinajstić information content (AvgIpc) is 2.89. The molecule has 2 aliphatic heterocycles. The lowest BCUT2D eigenvalue weighted by molar-refractivity contribution is -0.301. The van der Waals surface area contributed by atoms with Gasteiger partial charge in [0.25, 0.3) is 0 Å². The molecule has 0 saturated carbocycles. The van der Waals surface area contributed by atoms with E-state index in [4.69, 9.17) is 9.47 Å². The van der Waals surface area contributed by atoms with Crippen molar-refractivity contribution in [2.75, 3.05) is 26.2 Å². The molecule has 2 aliphatic rings. The van der Waals surface area contributed by atoms with Crippen molar-refractivity contribution in [3.05, 3.63) is 47.8 Å². The van der Waals surface area contributed by atoms with Gasteiger partial charge in [-0.15, -0.1) is 0 Å². The molecule has 2 unspecified atom stereocenters. The van der Waals surface area contributed by atoms with Gasteiger partial charge in [-0.1, -0.05) is 19.1 Å². The summed E-state index contributed by atoms with van der Waals surface area (Å²) in [6, 6.07) is 6.40. The van der Waals surface area contributed by atoms with E-state index in [-0.39, 0.29) is 11.9 Å². The van der Waals surface area contributed by atoms with E-state index in [1.54, 1.807) is 12.1 Å². The summed E-state index contributed by atoms with van der Waals surface area (Å²) < 4.78 is 24.7. The maximum absolute atomic E-state index is 12.9. The minimum absolute atomic E-state index is 0.133. The minimum atomic E-state index is -1.55. The van der Waals surface area contributed by atoms with Crippen molar-refractivity contribution in [3.63, 3.8) is 0 Å². The van der Waals surface area contributed by atoms with Crippen LogP contribution >= 0.6 is 0 Å². The van der Waals surface area contributed by atoms with Gasteiger partial charge in [-0.3, -0.25) is 4.90 Å². The third-order valence-corrected chi connectivity index (χ3v) is 3.84. The van der Waals surface area contributed by atoms with Gasteiger partial charge in [-0.2, -0.15) is 0 Å². The van der Waals surface area contributed by atoms with Crippen molar-refractivity contribution < 1.29 is 33.7 Å². The molecule has 1 aromatic rings. The number of likely N-dealkylation sites (N-methyl/N-ethyl adjacent to an activating group) is 1. The summed E-state index contributed by atoms with van der Waals surface area (Å²) in [7, 11) is 0. The van der Waals surface area contributed by atoms with Gasteiger partial charge in [0.15, 0.2) is 0 Å². The van der Waals surface area contributed by atoms with Gasteiger partial charge < -0.3 is 29.3 Å². The fourth-order valence-corrected chi connectivity index (χ4v) is 2.71. The first-order valence-corrected chi connectivity index (χ1v) is 7.75. The van der Waals surface area contributed by atoms with Crippen LogP contribution in [0.25, 0.3) is 0 Å². The first-order valence-electron chi connectivity index (χ1n) is 7.75. The van der Waals surface area contributed by atoms with Crippen LogP contribution in [0.5, 0.6) is 0 Å². The van der Waals surface area contributed by atoms with Crippen LogP contribution < -0.4 is 10.2 Å². The topological polar surface area (TPSA) is 102 Å². The monoisotopic (exact) mass is 351 g/mol. The van der Waals surface area contributed by atoms with E-state index in [9.17, 15) is 24.2 Å². The minimum Gasteiger partial charge on any atom is -0.545 e. The van der Waals surface area contributed by atoms with Crippen LogP contribution in [0.15, 0.2) is 36.4 Å². The average molecular weight is 351 g/mol. The molecule has 0 amide bonds. The van der Waals surface area contributed by atoms with Crippen molar-refractivity contribution in [2.45, 2.75) is 18.8 Å². The van der Waals surface area contributed by atoms with Gasteiger partial charge in [0.05, 0.1) is 31.2 Å². The van der Waals surface area contributed by atoms with Gasteiger partial charge in [0.2, 0.25) is 5.79 Å². The molecule has 7 nitrogen and oxygen atoms in total. The number of morpholine rings is 1. The number of carbonyl (C=O) groups is 2. The number of rotatable bonds is 4. The van der Waals surface area contributed by atoms with Crippen LogP contribution in [-0.2, 0) is 24.8 Å². The number of carboxylic acid groups (broad SMARTS) is 2. The molecule has 2 heterocycles. The van der Waals surface area contributed by atoms with E-state index < -0.39 is 17.7 Å². The highest BCUT2D eigenvalue weighted by molar-refractivity contribution is 5.87. The number of halogens is 1. The highest BCUT2D eigenvalue weighted by Gasteiger charge is 2.48. The van der Waals surface area contributed by atoms with Crippen molar-refractivity contribution in [3.8, 4) is 0 Å². The summed E-state index contributed by atoms with van der Waals surface area (Å²) in [5.74, 6) is -4.02. The lowest BCUT2D eigenvalue weighted by Gasteiger charge is -2.38. The largest absolute Gasteiger partial charge is 0.545 e. The molecule has 2 fully saturated rings. The van der Waals surface area contributed by atoms with Crippen LogP contribution in [0.1, 0.15) is 12.5 Å². The van der Waals surface area contributed by atoms with Crippen LogP contribution in [0, 0.1) is 5.82 Å². The summed E-state index contributed by atoms with van der Waals surface area (Å²) in [5.41, 5.74) is 0.902. The number of carbonyl (C=O) groups excluding carboxylic acids is 2. The van der Waals surface area contributed by atoms with E-state index in [1.165, 1.54) is 12.1 Å². The lowest BCUT2D eigenvalue weighted by Crippen LogP contribution is -2.49. The molecule has 2 bridgehead atoms. The molecular formula is C17H18FNO6-2. The number of fused-ring (bicyclic) bond motifs is 2. The Kier molecular flexibility index (Phi) is 6.24. The number of carboxylic acids is 2. The molecule has 2 saturated heterocycles. The van der Waals surface area contributed by atoms with Crippen molar-refractivity contribution >= 4 is 11.9 Å². The Morgan fingerprint density at radius 2 is 1.88 bits per heavy atom. The zero-order chi connectivity index (χ0) is 18.4. The van der Waals surface area contributed by atoms with Crippen LogP contribution in [0.4, 0.5) is 4.39 Å². The lowest BCUT2D eigenvalue weighted by atomic mass is 10.0. The number of nitrogens with zero attached hydrogens (tertiary/aromatic N) is 1. The Balaban J connectivity index is 0.000000242. The van der Waals surface area contributed by atoms with E-state index in [0.29, 0.717) is 25.3 Å². The number of hydrogen-bond donors (Lipinski definition) is 0. The molecule has 8 heteroatoms. The zero-order valence-electron chi connectivity index (χ0n) is 13.6. The Morgan fingerprint density at radius 3 is 2.40 bits per heavy atom. The predicted molar refractivity (Wildman–Crippen MR) is 80.2 cm³/mol. The second-order valence-corrected chi connectivity index (χ2v) is 5.61. The van der Waals surface area contributed by atoms with Gasteiger partial charge in [-0.05, 0) is 30.8 Å². The van der Waals surface area contributed by atoms with Crippen LogP contribution in [-0.4, -0.2) is 49.2 Å². The fraction of sp³-hybridized carbons (Fsp3) is 0.412. The third-order valence-electron chi connectivity index (χ3n) is 3.84. The Morgan fingerprint density at radius 1 is 1.28 bits per heavy atom. The predicted octanol–water partition coefficient (Wildman–Crippen LogP) is -1.23. The van der Waals surface area contributed by atoms with E-state index >= 15 is 0 Å². The van der Waals surface area contributed by atoms with E-state index in [1.807, 2.05) is 0 Å². The normalized spacial score (nSPS) is 25.4. The molecule has 1 aromatic carbocycles. The number of benzene rings is 1. The summed E-state index contributed by atoms with van der Waals surface area (Å²) in [5, 5.41) is 18.8. The molecule has 25 heavy (non-hydrogen) atoms. The molecule has 0 aliphatic carbocycles. The molecule has 3 rings (SSSR count). The Hall–Kier alpha value is -2.29. The summed E-state index contributed by atoms with van der Waals surface area (Å²) in [6.07, 6.45) is 0.902. The van der Waals surface area contributed by atoms with E-state index in [2.05, 4.69) is 11.8 Å². The van der Waals surface area contributed by atoms with Crippen LogP contribution in [0.3, 0.4) is 0 Å². The van der Waals surface area contributed by atoms with Gasteiger partial charge in [0, 0.05) is 12.1 Å². The fourth-order valence-electron chi connectivity index (χ4n) is 2.71. The number of hydrogen-bond acceptors (Lipinski definition) is 7. The Bertz CT molecular complexity index is 631.